The van der Waals surface area contributed by atoms with Crippen molar-refractivity contribution in [1.82, 2.24) is 0 Å². The summed E-state index contributed by atoms with van der Waals surface area (Å²) >= 11 is 5.88. The van der Waals surface area contributed by atoms with E-state index in [9.17, 15) is 4.79 Å². The van der Waals surface area contributed by atoms with Gasteiger partial charge in [0.15, 0.2) is 0 Å². The SMILES string of the molecule is CC(Nc1ccc(Cl)cc1C(N)=O)c1cccc(N)c1. The highest BCUT2D eigenvalue weighted by molar-refractivity contribution is 6.31. The quantitative estimate of drug-likeness (QED) is 0.756. The van der Waals surface area contributed by atoms with Crippen molar-refractivity contribution in [1.29, 1.82) is 0 Å². The standard InChI is InChI=1S/C15H16ClN3O/c1-9(10-3-2-4-12(17)7-10)19-14-6-5-11(16)8-13(14)15(18)20/h2-9,19H,17H2,1H3,(H2,18,20). The first-order valence-corrected chi connectivity index (χ1v) is 6.56. The first kappa shape index (κ1) is 14.2. The fraction of sp³-hybridized carbons (Fsp3) is 0.133. The van der Waals surface area contributed by atoms with Gasteiger partial charge < -0.3 is 16.8 Å². The van der Waals surface area contributed by atoms with Crippen molar-refractivity contribution in [3.63, 3.8) is 0 Å². The highest BCUT2D eigenvalue weighted by Gasteiger charge is 2.12. The topological polar surface area (TPSA) is 81.1 Å². The lowest BCUT2D eigenvalue weighted by molar-refractivity contribution is 0.100. The molecule has 5 N–H and O–H groups in total. The zero-order valence-corrected chi connectivity index (χ0v) is 11.8. The van der Waals surface area contributed by atoms with Crippen molar-refractivity contribution in [3.8, 4) is 0 Å². The molecule has 0 aromatic heterocycles. The van der Waals surface area contributed by atoms with Crippen LogP contribution in [0.4, 0.5) is 11.4 Å². The molecule has 0 heterocycles. The number of carbonyl (C=O) groups is 1. The maximum Gasteiger partial charge on any atom is 0.250 e. The van der Waals surface area contributed by atoms with Crippen molar-refractivity contribution in [2.24, 2.45) is 5.73 Å². The Morgan fingerprint density at radius 1 is 1.25 bits per heavy atom. The van der Waals surface area contributed by atoms with Crippen LogP contribution in [0, 0.1) is 0 Å². The predicted octanol–water partition coefficient (Wildman–Crippen LogP) is 3.19. The van der Waals surface area contributed by atoms with Crippen molar-refractivity contribution in [2.75, 3.05) is 11.1 Å². The largest absolute Gasteiger partial charge is 0.399 e. The summed E-state index contributed by atoms with van der Waals surface area (Å²) < 4.78 is 0. The Hall–Kier alpha value is -2.20. The van der Waals surface area contributed by atoms with Crippen LogP contribution in [0.15, 0.2) is 42.5 Å². The molecule has 1 atom stereocenters. The number of hydrogen-bond acceptors (Lipinski definition) is 3. The minimum atomic E-state index is -0.519. The molecule has 2 aromatic rings. The first-order valence-electron chi connectivity index (χ1n) is 6.18. The van der Waals surface area contributed by atoms with Gasteiger partial charge in [-0.3, -0.25) is 4.79 Å². The van der Waals surface area contributed by atoms with Crippen LogP contribution in [0.5, 0.6) is 0 Å². The van der Waals surface area contributed by atoms with Gasteiger partial charge in [0.2, 0.25) is 0 Å². The van der Waals surface area contributed by atoms with E-state index in [4.69, 9.17) is 23.1 Å². The summed E-state index contributed by atoms with van der Waals surface area (Å²) in [5.41, 5.74) is 13.9. The van der Waals surface area contributed by atoms with E-state index >= 15 is 0 Å². The Labute approximate surface area is 122 Å². The Kier molecular flexibility index (Phi) is 4.15. The second-order valence-electron chi connectivity index (χ2n) is 4.59. The average molecular weight is 290 g/mol. The van der Waals surface area contributed by atoms with E-state index in [0.29, 0.717) is 22.0 Å². The van der Waals surface area contributed by atoms with Gasteiger partial charge in [-0.2, -0.15) is 0 Å². The molecule has 2 aromatic carbocycles. The molecule has 5 heteroatoms. The molecule has 0 spiro atoms. The van der Waals surface area contributed by atoms with Gasteiger partial charge in [0.05, 0.1) is 5.56 Å². The Bertz CT molecular complexity index is 643. The van der Waals surface area contributed by atoms with E-state index in [0.717, 1.165) is 5.56 Å². The van der Waals surface area contributed by atoms with Crippen molar-refractivity contribution < 1.29 is 4.79 Å². The molecule has 0 aliphatic carbocycles. The van der Waals surface area contributed by atoms with Gasteiger partial charge in [0.1, 0.15) is 0 Å². The zero-order chi connectivity index (χ0) is 14.7. The second-order valence-corrected chi connectivity index (χ2v) is 5.03. The molecular weight excluding hydrogens is 274 g/mol. The maximum absolute atomic E-state index is 11.4. The molecule has 0 aliphatic heterocycles. The van der Waals surface area contributed by atoms with Crippen LogP contribution in [-0.2, 0) is 0 Å². The molecule has 4 nitrogen and oxygen atoms in total. The maximum atomic E-state index is 11.4. The van der Waals surface area contributed by atoms with Gasteiger partial charge in [-0.1, -0.05) is 23.7 Å². The third kappa shape index (κ3) is 3.22. The van der Waals surface area contributed by atoms with Crippen molar-refractivity contribution >= 4 is 28.9 Å². The molecule has 1 amide bonds. The van der Waals surface area contributed by atoms with Crippen LogP contribution in [0.3, 0.4) is 0 Å². The van der Waals surface area contributed by atoms with E-state index in [1.807, 2.05) is 31.2 Å². The first-order chi connectivity index (χ1) is 9.47. The van der Waals surface area contributed by atoms with E-state index in [-0.39, 0.29) is 6.04 Å². The van der Waals surface area contributed by atoms with Crippen molar-refractivity contribution in [3.05, 3.63) is 58.6 Å². The molecular formula is C15H16ClN3O. The molecule has 0 bridgehead atoms. The number of rotatable bonds is 4. The summed E-state index contributed by atoms with van der Waals surface area (Å²) in [7, 11) is 0. The number of anilines is 2. The number of carbonyl (C=O) groups excluding carboxylic acids is 1. The number of benzene rings is 2. The smallest absolute Gasteiger partial charge is 0.250 e. The summed E-state index contributed by atoms with van der Waals surface area (Å²) in [5.74, 6) is -0.519. The zero-order valence-electron chi connectivity index (χ0n) is 11.1. The molecule has 0 saturated heterocycles. The number of nitrogen functional groups attached to an aromatic ring is 1. The third-order valence-electron chi connectivity index (χ3n) is 3.03. The molecule has 0 aliphatic rings. The highest BCUT2D eigenvalue weighted by Crippen LogP contribution is 2.25. The fourth-order valence-electron chi connectivity index (χ4n) is 1.99. The summed E-state index contributed by atoms with van der Waals surface area (Å²) in [6.45, 7) is 1.98. The normalized spacial score (nSPS) is 11.9. The predicted molar refractivity (Wildman–Crippen MR) is 82.9 cm³/mol. The number of nitrogens with two attached hydrogens (primary N) is 2. The molecule has 0 fully saturated rings. The Morgan fingerprint density at radius 3 is 2.65 bits per heavy atom. The molecule has 1 unspecified atom stereocenters. The van der Waals surface area contributed by atoms with E-state index in [2.05, 4.69) is 5.32 Å². The van der Waals surface area contributed by atoms with Gasteiger partial charge in [-0.05, 0) is 42.8 Å². The number of primary amides is 1. The molecule has 2 rings (SSSR count). The molecule has 20 heavy (non-hydrogen) atoms. The summed E-state index contributed by atoms with van der Waals surface area (Å²) in [5, 5.41) is 3.72. The number of nitrogens with one attached hydrogen (secondary N) is 1. The Balaban J connectivity index is 2.28. The van der Waals surface area contributed by atoms with Crippen LogP contribution in [0.2, 0.25) is 5.02 Å². The molecule has 104 valence electrons. The second kappa shape index (κ2) is 5.84. The van der Waals surface area contributed by atoms with Gasteiger partial charge in [0, 0.05) is 22.4 Å². The van der Waals surface area contributed by atoms with Gasteiger partial charge >= 0.3 is 0 Å². The van der Waals surface area contributed by atoms with Crippen molar-refractivity contribution in [2.45, 2.75) is 13.0 Å². The van der Waals surface area contributed by atoms with Crippen LogP contribution < -0.4 is 16.8 Å². The average Bonchev–Trinajstić information content (AvgIpc) is 2.40. The monoisotopic (exact) mass is 289 g/mol. The van der Waals surface area contributed by atoms with E-state index in [1.54, 1.807) is 18.2 Å². The Morgan fingerprint density at radius 2 is 2.00 bits per heavy atom. The summed E-state index contributed by atoms with van der Waals surface area (Å²) in [6, 6.07) is 12.6. The number of halogens is 1. The molecule has 0 radical (unpaired) electrons. The lowest BCUT2D eigenvalue weighted by Crippen LogP contribution is -2.16. The lowest BCUT2D eigenvalue weighted by Gasteiger charge is -2.18. The minimum absolute atomic E-state index is 0.0159. The van der Waals surface area contributed by atoms with Crippen LogP contribution in [-0.4, -0.2) is 5.91 Å². The number of amides is 1. The minimum Gasteiger partial charge on any atom is -0.399 e. The third-order valence-corrected chi connectivity index (χ3v) is 3.26. The van der Waals surface area contributed by atoms with Crippen LogP contribution in [0.25, 0.3) is 0 Å². The number of hydrogen-bond donors (Lipinski definition) is 3. The summed E-state index contributed by atoms with van der Waals surface area (Å²) in [4.78, 5) is 11.4. The van der Waals surface area contributed by atoms with Crippen LogP contribution in [0.1, 0.15) is 28.9 Å². The lowest BCUT2D eigenvalue weighted by atomic mass is 10.1. The van der Waals surface area contributed by atoms with Crippen LogP contribution >= 0.6 is 11.6 Å². The van der Waals surface area contributed by atoms with E-state index < -0.39 is 5.91 Å². The van der Waals surface area contributed by atoms with Gasteiger partial charge in [-0.25, -0.2) is 0 Å². The highest BCUT2D eigenvalue weighted by atomic mass is 35.5. The summed E-state index contributed by atoms with van der Waals surface area (Å²) in [6.07, 6.45) is 0. The van der Waals surface area contributed by atoms with E-state index in [1.165, 1.54) is 0 Å². The fourth-order valence-corrected chi connectivity index (χ4v) is 2.16. The van der Waals surface area contributed by atoms with Gasteiger partial charge in [0.25, 0.3) is 5.91 Å². The van der Waals surface area contributed by atoms with Gasteiger partial charge in [-0.15, -0.1) is 0 Å². The molecule has 0 saturated carbocycles.